The third-order valence-electron chi connectivity index (χ3n) is 6.15. The predicted octanol–water partition coefficient (Wildman–Crippen LogP) is 7.32. The van der Waals surface area contributed by atoms with E-state index in [1.165, 1.54) is 25.3 Å². The molecule has 1 fully saturated rings. The molecule has 1 saturated heterocycles. The Morgan fingerprint density at radius 1 is 1.09 bits per heavy atom. The van der Waals surface area contributed by atoms with Gasteiger partial charge in [0.25, 0.3) is 11.1 Å². The van der Waals surface area contributed by atoms with Gasteiger partial charge in [0.15, 0.2) is 11.5 Å². The monoisotopic (exact) mass is 686 g/mol. The molecule has 0 bridgehead atoms. The Morgan fingerprint density at radius 3 is 2.58 bits per heavy atom. The van der Waals surface area contributed by atoms with Gasteiger partial charge in [-0.3, -0.25) is 19.3 Å². The minimum absolute atomic E-state index is 0.0998. The molecule has 1 aliphatic rings. The summed E-state index contributed by atoms with van der Waals surface area (Å²) < 4.78 is 17.3. The first kappa shape index (κ1) is 32.1. The van der Waals surface area contributed by atoms with Crippen molar-refractivity contribution < 1.29 is 33.4 Å². The highest BCUT2D eigenvalue weighted by Gasteiger charge is 2.36. The number of ether oxygens (including phenoxy) is 3. The number of nitrogens with zero attached hydrogens (tertiary/aromatic N) is 1. The van der Waals surface area contributed by atoms with Gasteiger partial charge in [-0.25, -0.2) is 4.79 Å². The molecule has 0 saturated carbocycles. The van der Waals surface area contributed by atoms with E-state index in [0.29, 0.717) is 34.6 Å². The second-order valence-corrected chi connectivity index (χ2v) is 11.6. The lowest BCUT2D eigenvalue weighted by Gasteiger charge is -2.14. The number of thioether (sulfide) groups is 1. The SMILES string of the molecule is CCCCOC(=O)c1cc(NC(=O)CN2C(=O)S/C(=C/c3cc(Br)c(OCc4ccccc4)c(OC)c3)C2=O)ccc1Cl. The summed E-state index contributed by atoms with van der Waals surface area (Å²) in [5.74, 6) is -0.911. The summed E-state index contributed by atoms with van der Waals surface area (Å²) in [6.07, 6.45) is 3.13. The molecular formula is C31H28BrClN2O7S. The molecule has 3 amide bonds. The van der Waals surface area contributed by atoms with Crippen molar-refractivity contribution in [1.82, 2.24) is 4.90 Å². The minimum Gasteiger partial charge on any atom is -0.493 e. The van der Waals surface area contributed by atoms with E-state index >= 15 is 0 Å². The number of halogens is 2. The van der Waals surface area contributed by atoms with Crippen molar-refractivity contribution in [2.24, 2.45) is 0 Å². The van der Waals surface area contributed by atoms with Gasteiger partial charge in [0, 0.05) is 5.69 Å². The number of methoxy groups -OCH3 is 1. The smallest absolute Gasteiger partial charge is 0.339 e. The molecule has 1 heterocycles. The largest absolute Gasteiger partial charge is 0.493 e. The number of benzene rings is 3. The number of unbranched alkanes of at least 4 members (excludes halogenated alkanes) is 1. The molecule has 0 radical (unpaired) electrons. The van der Waals surface area contributed by atoms with Crippen molar-refractivity contribution in [1.29, 1.82) is 0 Å². The minimum atomic E-state index is -0.625. The van der Waals surface area contributed by atoms with Crippen LogP contribution in [0.25, 0.3) is 6.08 Å². The number of anilines is 1. The van der Waals surface area contributed by atoms with E-state index in [2.05, 4.69) is 21.2 Å². The Hall–Kier alpha value is -3.80. The third kappa shape index (κ3) is 8.40. The van der Waals surface area contributed by atoms with E-state index in [4.69, 9.17) is 25.8 Å². The quantitative estimate of drug-likeness (QED) is 0.120. The van der Waals surface area contributed by atoms with Crippen LogP contribution in [0, 0.1) is 0 Å². The first-order valence-electron chi connectivity index (χ1n) is 13.3. The maximum Gasteiger partial charge on any atom is 0.339 e. The van der Waals surface area contributed by atoms with Crippen LogP contribution >= 0.6 is 39.3 Å². The molecular weight excluding hydrogens is 660 g/mol. The fourth-order valence-electron chi connectivity index (χ4n) is 3.97. The van der Waals surface area contributed by atoms with Crippen molar-refractivity contribution >= 4 is 74.1 Å². The highest BCUT2D eigenvalue weighted by molar-refractivity contribution is 9.10. The highest BCUT2D eigenvalue weighted by Crippen LogP contribution is 2.39. The van der Waals surface area contributed by atoms with Gasteiger partial charge >= 0.3 is 5.97 Å². The summed E-state index contributed by atoms with van der Waals surface area (Å²) in [7, 11) is 1.51. The van der Waals surface area contributed by atoms with E-state index in [0.717, 1.165) is 28.6 Å². The van der Waals surface area contributed by atoms with E-state index in [1.54, 1.807) is 18.2 Å². The van der Waals surface area contributed by atoms with Crippen LogP contribution in [-0.2, 0) is 20.9 Å². The van der Waals surface area contributed by atoms with Crippen LogP contribution in [0.1, 0.15) is 41.3 Å². The molecule has 1 N–H and O–H groups in total. The lowest BCUT2D eigenvalue weighted by Crippen LogP contribution is -2.36. The van der Waals surface area contributed by atoms with Gasteiger partial charge in [0.1, 0.15) is 13.2 Å². The maximum absolute atomic E-state index is 13.1. The number of carbonyl (C=O) groups excluding carboxylic acids is 4. The molecule has 9 nitrogen and oxygen atoms in total. The number of hydrogen-bond donors (Lipinski definition) is 1. The normalized spacial score (nSPS) is 13.8. The Kier molecular flexibility index (Phi) is 11.3. The maximum atomic E-state index is 13.1. The summed E-state index contributed by atoms with van der Waals surface area (Å²) in [6, 6.07) is 17.5. The van der Waals surface area contributed by atoms with Crippen molar-refractivity contribution in [3.8, 4) is 11.5 Å². The first-order chi connectivity index (χ1) is 20.7. The van der Waals surface area contributed by atoms with Gasteiger partial charge in [-0.2, -0.15) is 0 Å². The van der Waals surface area contributed by atoms with Crippen molar-refractivity contribution in [2.45, 2.75) is 26.4 Å². The number of amides is 3. The number of rotatable bonds is 12. The summed E-state index contributed by atoms with van der Waals surface area (Å²) in [5, 5.41) is 2.19. The second kappa shape index (κ2) is 15.1. The predicted molar refractivity (Wildman–Crippen MR) is 169 cm³/mol. The standard InChI is InChI=1S/C31H28BrClN2O7S/c1-3-4-12-41-30(38)22-16-21(10-11-24(22)33)34-27(36)17-35-29(37)26(43-31(35)39)15-20-13-23(32)28(25(14-20)40-2)42-18-19-8-6-5-7-9-19/h5-11,13-16H,3-4,12,17-18H2,1-2H3,(H,34,36)/b26-15+. The molecule has 224 valence electrons. The Bertz CT molecular complexity index is 1570. The van der Waals surface area contributed by atoms with Crippen molar-refractivity contribution in [2.75, 3.05) is 25.6 Å². The molecule has 3 aromatic rings. The summed E-state index contributed by atoms with van der Waals surface area (Å²) >= 11 is 10.4. The number of esters is 1. The molecule has 1 aliphatic heterocycles. The zero-order valence-electron chi connectivity index (χ0n) is 23.4. The topological polar surface area (TPSA) is 111 Å². The van der Waals surface area contributed by atoms with Gasteiger partial charge in [-0.1, -0.05) is 55.3 Å². The Balaban J connectivity index is 1.42. The lowest BCUT2D eigenvalue weighted by molar-refractivity contribution is -0.127. The number of nitrogens with one attached hydrogen (secondary N) is 1. The van der Waals surface area contributed by atoms with Crippen LogP contribution in [-0.4, -0.2) is 48.2 Å². The van der Waals surface area contributed by atoms with Crippen LogP contribution in [0.4, 0.5) is 10.5 Å². The fraction of sp³-hybridized carbons (Fsp3) is 0.226. The molecule has 4 rings (SSSR count). The highest BCUT2D eigenvalue weighted by atomic mass is 79.9. The van der Waals surface area contributed by atoms with Crippen molar-refractivity contribution in [3.63, 3.8) is 0 Å². The fourth-order valence-corrected chi connectivity index (χ4v) is 5.58. The van der Waals surface area contributed by atoms with Crippen LogP contribution in [0.3, 0.4) is 0 Å². The van der Waals surface area contributed by atoms with Gasteiger partial charge in [-0.05, 0) is 81.6 Å². The van der Waals surface area contributed by atoms with Gasteiger partial charge in [0.2, 0.25) is 5.91 Å². The van der Waals surface area contributed by atoms with E-state index < -0.39 is 29.6 Å². The van der Waals surface area contributed by atoms with Gasteiger partial charge < -0.3 is 19.5 Å². The molecule has 0 aromatic heterocycles. The van der Waals surface area contributed by atoms with Crippen LogP contribution < -0.4 is 14.8 Å². The zero-order chi connectivity index (χ0) is 30.9. The Labute approximate surface area is 266 Å². The molecule has 3 aromatic carbocycles. The number of carbonyl (C=O) groups is 4. The van der Waals surface area contributed by atoms with E-state index in [1.807, 2.05) is 37.3 Å². The number of imide groups is 1. The average Bonchev–Trinajstić information content (AvgIpc) is 3.24. The van der Waals surface area contributed by atoms with E-state index in [-0.39, 0.29) is 27.8 Å². The van der Waals surface area contributed by atoms with Gasteiger partial charge in [-0.15, -0.1) is 0 Å². The lowest BCUT2D eigenvalue weighted by atomic mass is 10.1. The zero-order valence-corrected chi connectivity index (χ0v) is 26.5. The first-order valence-corrected chi connectivity index (χ1v) is 15.2. The van der Waals surface area contributed by atoms with E-state index in [9.17, 15) is 19.2 Å². The molecule has 12 heteroatoms. The van der Waals surface area contributed by atoms with Crippen LogP contribution in [0.2, 0.25) is 5.02 Å². The van der Waals surface area contributed by atoms with Crippen LogP contribution in [0.15, 0.2) is 70.0 Å². The molecule has 0 unspecified atom stereocenters. The third-order valence-corrected chi connectivity index (χ3v) is 7.98. The molecule has 0 spiro atoms. The second-order valence-electron chi connectivity index (χ2n) is 9.31. The van der Waals surface area contributed by atoms with Gasteiger partial charge in [0.05, 0.1) is 33.7 Å². The average molecular weight is 688 g/mol. The van der Waals surface area contributed by atoms with Crippen LogP contribution in [0.5, 0.6) is 11.5 Å². The summed E-state index contributed by atoms with van der Waals surface area (Å²) in [5.41, 5.74) is 1.94. The molecule has 0 atom stereocenters. The summed E-state index contributed by atoms with van der Waals surface area (Å²) in [4.78, 5) is 51.9. The Morgan fingerprint density at radius 2 is 1.86 bits per heavy atom. The molecule has 0 aliphatic carbocycles. The molecule has 43 heavy (non-hydrogen) atoms. The summed E-state index contributed by atoms with van der Waals surface area (Å²) in [6.45, 7) is 2.04. The number of hydrogen-bond acceptors (Lipinski definition) is 8. The van der Waals surface area contributed by atoms with Crippen molar-refractivity contribution in [3.05, 3.63) is 91.8 Å².